The molecule has 0 spiro atoms. The number of alkyl halides is 3. The normalized spacial score (nSPS) is 14.8. The van der Waals surface area contributed by atoms with Gasteiger partial charge in [0.15, 0.2) is 0 Å². The highest BCUT2D eigenvalue weighted by atomic mass is 19.4. The summed E-state index contributed by atoms with van der Waals surface area (Å²) >= 11 is 0. The van der Waals surface area contributed by atoms with Crippen LogP contribution in [-0.2, 0) is 37.0 Å². The van der Waals surface area contributed by atoms with Gasteiger partial charge < -0.3 is 26.8 Å². The summed E-state index contributed by atoms with van der Waals surface area (Å²) in [6, 6.07) is 1.70. The third-order valence-corrected chi connectivity index (χ3v) is 8.14. The number of nitrogens with two attached hydrogens (primary N) is 1. The largest absolute Gasteiger partial charge is 0.403 e. The van der Waals surface area contributed by atoms with Crippen LogP contribution in [0.1, 0.15) is 76.3 Å². The van der Waals surface area contributed by atoms with E-state index in [9.17, 15) is 41.9 Å². The number of halogens is 3. The van der Waals surface area contributed by atoms with E-state index in [-0.39, 0.29) is 70.5 Å². The third kappa shape index (κ3) is 15.1. The van der Waals surface area contributed by atoms with Crippen molar-refractivity contribution in [1.29, 1.82) is 0 Å². The number of nitrogens with one attached hydrogen (secondary N) is 4. The van der Waals surface area contributed by atoms with E-state index < -0.39 is 59.9 Å². The maximum Gasteiger partial charge on any atom is 0.403 e. The third-order valence-electron chi connectivity index (χ3n) is 8.14. The molecule has 0 saturated carbocycles. The minimum absolute atomic E-state index is 0.0473. The summed E-state index contributed by atoms with van der Waals surface area (Å²) in [7, 11) is 0. The van der Waals surface area contributed by atoms with Gasteiger partial charge in [0.25, 0.3) is 11.8 Å². The number of carbonyl (C=O) groups excluding carboxylic acids is 6. The lowest BCUT2D eigenvalue weighted by molar-refractivity contribution is -0.161. The van der Waals surface area contributed by atoms with Crippen LogP contribution in [0.5, 0.6) is 0 Å². The molecule has 2 rings (SSSR count). The fraction of sp³-hybridized carbons (Fsp3) is 0.588. The number of aliphatic hydroxyl groups is 1. The number of rotatable bonds is 23. The minimum atomic E-state index is -4.68. The number of Topliss-reactive ketones (excluding diaryl/α,β-unsaturated/α-hetero) is 1. The van der Waals surface area contributed by atoms with Crippen LogP contribution in [-0.4, -0.2) is 89.4 Å². The van der Waals surface area contributed by atoms with E-state index in [1.54, 1.807) is 38.1 Å². The number of carbonyl (C=O) groups is 6. The molecule has 6 amide bonds. The number of ketones is 1. The predicted octanol–water partition coefficient (Wildman–Crippen LogP) is 2.15. The van der Waals surface area contributed by atoms with Gasteiger partial charge in [-0.2, -0.15) is 13.2 Å². The topological polar surface area (TPSA) is 200 Å². The van der Waals surface area contributed by atoms with Crippen molar-refractivity contribution < 1.29 is 47.0 Å². The van der Waals surface area contributed by atoms with Crippen molar-refractivity contribution in [1.82, 2.24) is 26.2 Å². The quantitative estimate of drug-likeness (QED) is 0.0733. The van der Waals surface area contributed by atoms with Crippen LogP contribution in [0.25, 0.3) is 0 Å². The molecule has 1 aromatic rings. The van der Waals surface area contributed by atoms with Crippen molar-refractivity contribution in [2.24, 2.45) is 11.7 Å². The first-order chi connectivity index (χ1) is 23.6. The highest BCUT2D eigenvalue weighted by Gasteiger charge is 2.42. The Bertz CT molecular complexity index is 1320. The van der Waals surface area contributed by atoms with Crippen LogP contribution in [0.2, 0.25) is 0 Å². The van der Waals surface area contributed by atoms with Crippen LogP contribution < -0.4 is 27.0 Å². The number of nitrogens with zero attached hydrogens (tertiary/aromatic N) is 1. The van der Waals surface area contributed by atoms with E-state index in [1.807, 2.05) is 0 Å². The van der Waals surface area contributed by atoms with Gasteiger partial charge in [0.05, 0.1) is 12.6 Å². The van der Waals surface area contributed by atoms with E-state index in [0.29, 0.717) is 19.3 Å². The molecule has 0 saturated heterocycles. The molecule has 7 N–H and O–H groups in total. The second-order valence-electron chi connectivity index (χ2n) is 12.6. The number of imide groups is 1. The Labute approximate surface area is 290 Å². The number of aliphatic hydroxyl groups excluding tert-OH is 1. The van der Waals surface area contributed by atoms with E-state index in [2.05, 4.69) is 21.3 Å². The van der Waals surface area contributed by atoms with E-state index in [1.165, 1.54) is 0 Å². The lowest BCUT2D eigenvalue weighted by atomic mass is 9.99. The maximum atomic E-state index is 14.1. The molecule has 1 aromatic carbocycles. The predicted molar refractivity (Wildman–Crippen MR) is 178 cm³/mol. The van der Waals surface area contributed by atoms with Crippen LogP contribution in [0.3, 0.4) is 0 Å². The lowest BCUT2D eigenvalue weighted by Gasteiger charge is -2.30. The fourth-order valence-electron chi connectivity index (χ4n) is 5.32. The molecule has 0 fully saturated rings. The first-order valence-electron chi connectivity index (χ1n) is 16.8. The average molecular weight is 711 g/mol. The van der Waals surface area contributed by atoms with Crippen LogP contribution in [0.4, 0.5) is 18.0 Å². The number of urea groups is 1. The molecule has 3 atom stereocenters. The van der Waals surface area contributed by atoms with Gasteiger partial charge in [-0.3, -0.25) is 34.2 Å². The van der Waals surface area contributed by atoms with Crippen molar-refractivity contribution in [3.63, 3.8) is 0 Å². The molecule has 50 heavy (non-hydrogen) atoms. The van der Waals surface area contributed by atoms with Gasteiger partial charge in [0.2, 0.25) is 11.8 Å². The van der Waals surface area contributed by atoms with Crippen LogP contribution >= 0.6 is 0 Å². The standard InChI is InChI=1S/C34H49F3N6O7/c1-22(2)30(42-27(34(35,36)37)10-4-3-5-19-43-28(46)15-16-29(43)47)32(49)41-26(9-7-18-40-33(38)50)31(48)39-17-6-8-25(45)20-23-11-13-24(21-44)14-12-23/h11-16,22,26-27,30,42,44H,3-10,17-21H2,1-2H3,(H,39,48)(H,41,49)(H3,38,40,50)/t26-,27-,30-/m0/s1. The minimum Gasteiger partial charge on any atom is -0.392 e. The number of unbranched alkanes of at least 4 members (excludes halogenated alkanes) is 2. The number of hydrogen-bond donors (Lipinski definition) is 6. The maximum absolute atomic E-state index is 14.1. The van der Waals surface area contributed by atoms with Gasteiger partial charge in [0.1, 0.15) is 17.9 Å². The molecule has 0 unspecified atom stereocenters. The molecular weight excluding hydrogens is 661 g/mol. The van der Waals surface area contributed by atoms with Gasteiger partial charge >= 0.3 is 12.2 Å². The summed E-state index contributed by atoms with van der Waals surface area (Å²) in [5.41, 5.74) is 6.61. The zero-order valence-electron chi connectivity index (χ0n) is 28.5. The smallest absolute Gasteiger partial charge is 0.392 e. The summed E-state index contributed by atoms with van der Waals surface area (Å²) in [6.45, 7) is 3.36. The van der Waals surface area contributed by atoms with Crippen molar-refractivity contribution >= 4 is 35.4 Å². The Kier molecular flexibility index (Phi) is 17.6. The van der Waals surface area contributed by atoms with E-state index in [0.717, 1.165) is 28.2 Å². The van der Waals surface area contributed by atoms with Gasteiger partial charge in [0, 0.05) is 44.6 Å². The number of primary amides is 1. The van der Waals surface area contributed by atoms with Crippen molar-refractivity contribution in [2.45, 2.75) is 103 Å². The Hall–Kier alpha value is -4.31. The van der Waals surface area contributed by atoms with E-state index >= 15 is 0 Å². The monoisotopic (exact) mass is 710 g/mol. The molecule has 1 aliphatic rings. The second kappa shape index (κ2) is 21.0. The van der Waals surface area contributed by atoms with E-state index in [4.69, 9.17) is 10.8 Å². The molecule has 0 radical (unpaired) electrons. The zero-order valence-corrected chi connectivity index (χ0v) is 28.5. The van der Waals surface area contributed by atoms with Gasteiger partial charge in [-0.25, -0.2) is 4.79 Å². The SMILES string of the molecule is CC(C)[C@H](N[C@@H](CCCCCN1C(=O)C=CC1=O)C(F)(F)F)C(=O)N[C@@H](CCCNC(N)=O)C(=O)NCCCC(=O)Cc1ccc(CO)cc1. The zero-order chi connectivity index (χ0) is 37.3. The van der Waals surface area contributed by atoms with Gasteiger partial charge in [-0.15, -0.1) is 0 Å². The lowest BCUT2D eigenvalue weighted by Crippen LogP contribution is -2.58. The van der Waals surface area contributed by atoms with Gasteiger partial charge in [-0.05, 0) is 49.1 Å². The molecule has 1 heterocycles. The number of benzene rings is 1. The fourth-order valence-corrected chi connectivity index (χ4v) is 5.32. The average Bonchev–Trinajstić information content (AvgIpc) is 3.37. The first kappa shape index (κ1) is 41.9. The summed E-state index contributed by atoms with van der Waals surface area (Å²) in [6.07, 6.45) is -1.05. The molecule has 0 aromatic heterocycles. The Morgan fingerprint density at radius 1 is 0.840 bits per heavy atom. The van der Waals surface area contributed by atoms with Crippen LogP contribution in [0, 0.1) is 5.92 Å². The highest BCUT2D eigenvalue weighted by Crippen LogP contribution is 2.26. The van der Waals surface area contributed by atoms with Crippen molar-refractivity contribution in [2.75, 3.05) is 19.6 Å². The Morgan fingerprint density at radius 3 is 2.04 bits per heavy atom. The summed E-state index contributed by atoms with van der Waals surface area (Å²) in [4.78, 5) is 74.4. The summed E-state index contributed by atoms with van der Waals surface area (Å²) in [5, 5.41) is 19.2. The summed E-state index contributed by atoms with van der Waals surface area (Å²) < 4.78 is 42.2. The van der Waals surface area contributed by atoms with Crippen LogP contribution in [0.15, 0.2) is 36.4 Å². The molecule has 0 bridgehead atoms. The first-order valence-corrected chi connectivity index (χ1v) is 16.8. The molecule has 278 valence electrons. The molecule has 1 aliphatic heterocycles. The number of amides is 6. The Balaban J connectivity index is 1.95. The highest BCUT2D eigenvalue weighted by molar-refractivity contribution is 6.12. The van der Waals surface area contributed by atoms with Gasteiger partial charge in [-0.1, -0.05) is 51.0 Å². The summed E-state index contributed by atoms with van der Waals surface area (Å²) in [5.74, 6) is -2.97. The molecule has 0 aliphatic carbocycles. The second-order valence-corrected chi connectivity index (χ2v) is 12.6. The Morgan fingerprint density at radius 2 is 1.46 bits per heavy atom. The molecular formula is C34H49F3N6O7. The number of hydrogen-bond acceptors (Lipinski definition) is 8. The molecule has 16 heteroatoms. The molecule has 13 nitrogen and oxygen atoms in total. The van der Waals surface area contributed by atoms with Crippen molar-refractivity contribution in [3.05, 3.63) is 47.5 Å². The van der Waals surface area contributed by atoms with Crippen molar-refractivity contribution in [3.8, 4) is 0 Å².